The first-order valence-corrected chi connectivity index (χ1v) is 5.87. The summed E-state index contributed by atoms with van der Waals surface area (Å²) < 4.78 is 5.49. The average molecular weight is 234 g/mol. The number of carbonyl (C=O) groups excluding carboxylic acids is 1. The number of ether oxygens (including phenoxy) is 1. The highest BCUT2D eigenvalue weighted by Gasteiger charge is 2.09. The molecule has 0 bridgehead atoms. The molecule has 0 radical (unpaired) electrons. The topological polar surface area (TPSA) is 26.3 Å². The molecule has 0 aromatic rings. The Balaban J connectivity index is 4.08. The number of hydrogen-bond donors (Lipinski definition) is 0. The lowest BCUT2D eigenvalue weighted by Gasteiger charge is -2.13. The molecule has 0 fully saturated rings. The molecule has 0 aliphatic carbocycles. The van der Waals surface area contributed by atoms with Gasteiger partial charge >= 0.3 is 0 Å². The summed E-state index contributed by atoms with van der Waals surface area (Å²) in [5.41, 5.74) is 0.944. The molecule has 0 amide bonds. The third-order valence-electron chi connectivity index (χ3n) is 2.38. The van der Waals surface area contributed by atoms with Crippen molar-refractivity contribution < 1.29 is 9.53 Å². The molecule has 2 nitrogen and oxygen atoms in total. The van der Waals surface area contributed by atoms with E-state index >= 15 is 0 Å². The van der Waals surface area contributed by atoms with E-state index in [9.17, 15) is 4.79 Å². The van der Waals surface area contributed by atoms with Crippen LogP contribution in [0.25, 0.3) is 0 Å². The number of carbonyl (C=O) groups is 1. The van der Waals surface area contributed by atoms with Gasteiger partial charge in [-0.3, -0.25) is 0 Å². The highest BCUT2D eigenvalue weighted by Crippen LogP contribution is 2.15. The van der Waals surface area contributed by atoms with Gasteiger partial charge < -0.3 is 9.53 Å². The van der Waals surface area contributed by atoms with Gasteiger partial charge in [0.15, 0.2) is 0 Å². The Labute approximate surface area is 104 Å². The largest absolute Gasteiger partial charge is 0.494 e. The summed E-state index contributed by atoms with van der Waals surface area (Å²) in [6.45, 7) is 13.6. The minimum absolute atomic E-state index is 0.0167. The highest BCUT2D eigenvalue weighted by molar-refractivity contribution is 5.53. The Hall–Kier alpha value is -1.57. The zero-order chi connectivity index (χ0) is 13.1. The van der Waals surface area contributed by atoms with Crippen LogP contribution in [0.3, 0.4) is 0 Å². The van der Waals surface area contributed by atoms with E-state index in [1.165, 1.54) is 0 Å². The zero-order valence-corrected chi connectivity index (χ0v) is 10.7. The molecule has 0 heterocycles. The standard InChI is InChI=1S/C15H22O2/c1-5-8-14(7-3)12-17-13(4)10-15(11-16)9-6-2/h5,7-8,11,15H,1,3-4,6,9-10,12H2,2H3/b14-8+. The van der Waals surface area contributed by atoms with Crippen molar-refractivity contribution >= 4 is 6.29 Å². The van der Waals surface area contributed by atoms with E-state index in [2.05, 4.69) is 26.7 Å². The van der Waals surface area contributed by atoms with Crippen molar-refractivity contribution in [2.75, 3.05) is 6.61 Å². The number of hydrogen-bond acceptors (Lipinski definition) is 2. The van der Waals surface area contributed by atoms with E-state index in [4.69, 9.17) is 4.74 Å². The molecule has 0 saturated heterocycles. The smallest absolute Gasteiger partial charge is 0.123 e. The second-order valence-corrected chi connectivity index (χ2v) is 3.90. The van der Waals surface area contributed by atoms with Gasteiger partial charge in [0.1, 0.15) is 12.9 Å². The fourth-order valence-corrected chi connectivity index (χ4v) is 1.45. The lowest BCUT2D eigenvalue weighted by molar-refractivity contribution is -0.111. The monoisotopic (exact) mass is 234 g/mol. The molecule has 0 aliphatic rings. The first-order valence-electron chi connectivity index (χ1n) is 5.87. The van der Waals surface area contributed by atoms with Crippen LogP contribution in [0.5, 0.6) is 0 Å². The predicted octanol–water partition coefficient (Wildman–Crippen LogP) is 3.82. The van der Waals surface area contributed by atoms with Gasteiger partial charge in [-0.25, -0.2) is 0 Å². The molecule has 17 heavy (non-hydrogen) atoms. The van der Waals surface area contributed by atoms with Crippen LogP contribution in [0.4, 0.5) is 0 Å². The molecule has 1 unspecified atom stereocenters. The van der Waals surface area contributed by atoms with Gasteiger partial charge in [-0.15, -0.1) is 0 Å². The fraction of sp³-hybridized carbons (Fsp3) is 0.400. The maximum Gasteiger partial charge on any atom is 0.123 e. The molecule has 2 heteroatoms. The predicted molar refractivity (Wildman–Crippen MR) is 72.6 cm³/mol. The summed E-state index contributed by atoms with van der Waals surface area (Å²) in [6, 6.07) is 0. The molecule has 0 rings (SSSR count). The maximum atomic E-state index is 10.8. The van der Waals surface area contributed by atoms with Gasteiger partial charge in [0.2, 0.25) is 0 Å². The van der Waals surface area contributed by atoms with Crippen molar-refractivity contribution in [3.05, 3.63) is 49.3 Å². The van der Waals surface area contributed by atoms with E-state index in [0.29, 0.717) is 18.8 Å². The normalized spacial score (nSPS) is 12.6. The Morgan fingerprint density at radius 3 is 2.59 bits per heavy atom. The van der Waals surface area contributed by atoms with Crippen LogP contribution in [0, 0.1) is 5.92 Å². The van der Waals surface area contributed by atoms with Crippen molar-refractivity contribution in [1.29, 1.82) is 0 Å². The molecular formula is C15H22O2. The van der Waals surface area contributed by atoms with Crippen LogP contribution in [0.15, 0.2) is 49.3 Å². The van der Waals surface area contributed by atoms with E-state index in [1.54, 1.807) is 12.2 Å². The lowest BCUT2D eigenvalue weighted by Crippen LogP contribution is -2.05. The first-order chi connectivity index (χ1) is 8.17. The van der Waals surface area contributed by atoms with Gasteiger partial charge in [0, 0.05) is 12.3 Å². The fourth-order valence-electron chi connectivity index (χ4n) is 1.45. The second-order valence-electron chi connectivity index (χ2n) is 3.90. The van der Waals surface area contributed by atoms with Crippen LogP contribution in [-0.2, 0) is 9.53 Å². The molecule has 0 aromatic carbocycles. The Kier molecular flexibility index (Phi) is 8.75. The SMILES string of the molecule is C=C/C=C(\C=C)COC(=C)CC(C=O)CCC. The first kappa shape index (κ1) is 15.4. The summed E-state index contributed by atoms with van der Waals surface area (Å²) in [7, 11) is 0. The van der Waals surface area contributed by atoms with Gasteiger partial charge in [-0.2, -0.15) is 0 Å². The molecule has 0 aliphatic heterocycles. The van der Waals surface area contributed by atoms with Crippen LogP contribution < -0.4 is 0 Å². The van der Waals surface area contributed by atoms with Crippen LogP contribution in [0.1, 0.15) is 26.2 Å². The molecular weight excluding hydrogens is 212 g/mol. The third-order valence-corrected chi connectivity index (χ3v) is 2.38. The summed E-state index contributed by atoms with van der Waals surface area (Å²) in [5.74, 6) is 0.662. The van der Waals surface area contributed by atoms with Crippen molar-refractivity contribution in [3.63, 3.8) is 0 Å². The van der Waals surface area contributed by atoms with Crippen molar-refractivity contribution in [3.8, 4) is 0 Å². The molecule has 0 saturated carbocycles. The molecule has 94 valence electrons. The van der Waals surface area contributed by atoms with E-state index in [0.717, 1.165) is 24.7 Å². The summed E-state index contributed by atoms with van der Waals surface area (Å²) >= 11 is 0. The minimum Gasteiger partial charge on any atom is -0.494 e. The summed E-state index contributed by atoms with van der Waals surface area (Å²) in [5, 5.41) is 0. The minimum atomic E-state index is 0.0167. The molecule has 0 N–H and O–H groups in total. The molecule has 1 atom stereocenters. The van der Waals surface area contributed by atoms with E-state index in [-0.39, 0.29) is 5.92 Å². The Bertz CT molecular complexity index is 300. The third kappa shape index (κ3) is 7.34. The van der Waals surface area contributed by atoms with Crippen LogP contribution in [0.2, 0.25) is 0 Å². The average Bonchev–Trinajstić information content (AvgIpc) is 2.33. The summed E-state index contributed by atoms with van der Waals surface area (Å²) in [6.07, 6.45) is 8.69. The van der Waals surface area contributed by atoms with E-state index in [1.807, 2.05) is 6.08 Å². The van der Waals surface area contributed by atoms with Gasteiger partial charge in [-0.1, -0.05) is 51.3 Å². The van der Waals surface area contributed by atoms with Crippen molar-refractivity contribution in [1.82, 2.24) is 0 Å². The Morgan fingerprint density at radius 2 is 2.12 bits per heavy atom. The Morgan fingerprint density at radius 1 is 1.41 bits per heavy atom. The zero-order valence-electron chi connectivity index (χ0n) is 10.7. The van der Waals surface area contributed by atoms with Gasteiger partial charge in [-0.05, 0) is 12.0 Å². The van der Waals surface area contributed by atoms with Crippen molar-refractivity contribution in [2.45, 2.75) is 26.2 Å². The number of aldehydes is 1. The van der Waals surface area contributed by atoms with Gasteiger partial charge in [0.25, 0.3) is 0 Å². The second kappa shape index (κ2) is 9.64. The summed E-state index contributed by atoms with van der Waals surface area (Å²) in [4.78, 5) is 10.8. The van der Waals surface area contributed by atoms with Crippen molar-refractivity contribution in [2.24, 2.45) is 5.92 Å². The number of allylic oxidation sites excluding steroid dienone is 3. The number of rotatable bonds is 10. The maximum absolute atomic E-state index is 10.8. The quantitative estimate of drug-likeness (QED) is 0.326. The van der Waals surface area contributed by atoms with Crippen LogP contribution >= 0.6 is 0 Å². The lowest BCUT2D eigenvalue weighted by atomic mass is 10.0. The van der Waals surface area contributed by atoms with E-state index < -0.39 is 0 Å². The molecule has 0 spiro atoms. The molecule has 0 aromatic heterocycles. The highest BCUT2D eigenvalue weighted by atomic mass is 16.5. The van der Waals surface area contributed by atoms with Gasteiger partial charge in [0.05, 0.1) is 5.76 Å². The van der Waals surface area contributed by atoms with Crippen LogP contribution in [-0.4, -0.2) is 12.9 Å².